The normalized spacial score (nSPS) is 20.5. The Morgan fingerprint density at radius 3 is 2.94 bits per heavy atom. The molecule has 3 heteroatoms. The minimum absolute atomic E-state index is 0.256. The highest BCUT2D eigenvalue weighted by molar-refractivity contribution is 7.10. The quantitative estimate of drug-likeness (QED) is 0.774. The van der Waals surface area contributed by atoms with E-state index in [4.69, 9.17) is 0 Å². The molecule has 0 radical (unpaired) electrons. The zero-order chi connectivity index (χ0) is 13.0. The van der Waals surface area contributed by atoms with Crippen LogP contribution >= 0.6 is 11.3 Å². The molecule has 2 rings (SSSR count). The second-order valence-electron chi connectivity index (χ2n) is 6.14. The maximum Gasteiger partial charge on any atom is 0.0143 e. The molecule has 1 fully saturated rings. The van der Waals surface area contributed by atoms with Crippen LogP contribution in [0.15, 0.2) is 11.4 Å². The van der Waals surface area contributed by atoms with Gasteiger partial charge in [-0.25, -0.2) is 0 Å². The van der Waals surface area contributed by atoms with Crippen LogP contribution in [0, 0.1) is 12.8 Å². The predicted octanol–water partition coefficient (Wildman–Crippen LogP) is 2.92. The van der Waals surface area contributed by atoms with Crippen LogP contribution in [0.4, 0.5) is 0 Å². The van der Waals surface area contributed by atoms with E-state index in [-0.39, 0.29) is 5.41 Å². The van der Waals surface area contributed by atoms with Gasteiger partial charge in [0.05, 0.1) is 0 Å². The van der Waals surface area contributed by atoms with Crippen molar-refractivity contribution >= 4 is 11.3 Å². The molecule has 1 aromatic rings. The summed E-state index contributed by atoms with van der Waals surface area (Å²) in [6.45, 7) is 11.6. The summed E-state index contributed by atoms with van der Waals surface area (Å²) < 4.78 is 0. The molecule has 2 heterocycles. The smallest absolute Gasteiger partial charge is 0.0143 e. The molecule has 0 aromatic carbocycles. The van der Waals surface area contributed by atoms with E-state index in [1.54, 1.807) is 0 Å². The molecular weight excluding hydrogens is 240 g/mol. The van der Waals surface area contributed by atoms with E-state index >= 15 is 0 Å². The zero-order valence-electron chi connectivity index (χ0n) is 11.9. The highest BCUT2D eigenvalue weighted by Gasteiger charge is 2.23. The van der Waals surface area contributed by atoms with Crippen molar-refractivity contribution in [2.24, 2.45) is 5.92 Å². The largest absolute Gasteiger partial charge is 0.316 e. The first-order valence-corrected chi connectivity index (χ1v) is 7.93. The van der Waals surface area contributed by atoms with Gasteiger partial charge in [0.1, 0.15) is 0 Å². The zero-order valence-corrected chi connectivity index (χ0v) is 12.7. The van der Waals surface area contributed by atoms with Crippen molar-refractivity contribution in [1.29, 1.82) is 0 Å². The summed E-state index contributed by atoms with van der Waals surface area (Å²) in [6.07, 6.45) is 2.67. The first kappa shape index (κ1) is 14.0. The van der Waals surface area contributed by atoms with Gasteiger partial charge in [-0.05, 0) is 62.3 Å². The van der Waals surface area contributed by atoms with E-state index in [9.17, 15) is 0 Å². The molecule has 1 aliphatic rings. The van der Waals surface area contributed by atoms with Crippen LogP contribution < -0.4 is 10.6 Å². The Morgan fingerprint density at radius 1 is 1.50 bits per heavy atom. The maximum atomic E-state index is 3.65. The van der Waals surface area contributed by atoms with Crippen molar-refractivity contribution in [3.05, 3.63) is 21.9 Å². The minimum atomic E-state index is 0.256. The van der Waals surface area contributed by atoms with Gasteiger partial charge in [-0.3, -0.25) is 0 Å². The van der Waals surface area contributed by atoms with Crippen molar-refractivity contribution in [1.82, 2.24) is 10.6 Å². The van der Waals surface area contributed by atoms with E-state index in [2.05, 4.69) is 42.9 Å². The average Bonchev–Trinajstić information content (AvgIpc) is 2.95. The van der Waals surface area contributed by atoms with Gasteiger partial charge in [-0.2, -0.15) is 0 Å². The van der Waals surface area contributed by atoms with Crippen LogP contribution in [0.1, 0.15) is 37.1 Å². The van der Waals surface area contributed by atoms with Crippen molar-refractivity contribution < 1.29 is 0 Å². The van der Waals surface area contributed by atoms with Crippen LogP contribution in [0.5, 0.6) is 0 Å². The molecule has 1 saturated heterocycles. The lowest BCUT2D eigenvalue weighted by molar-refractivity contribution is 0.441. The monoisotopic (exact) mass is 266 g/mol. The van der Waals surface area contributed by atoms with Crippen LogP contribution in [0.2, 0.25) is 0 Å². The molecule has 102 valence electrons. The average molecular weight is 266 g/mol. The number of aryl methyl sites for hydroxylation is 1. The molecule has 1 aliphatic heterocycles. The molecule has 0 aliphatic carbocycles. The number of thiophene rings is 1. The SMILES string of the molecule is Cc1ccsc1C(C)(C)CNCCC1CCNC1. The van der Waals surface area contributed by atoms with Crippen LogP contribution in [-0.4, -0.2) is 26.2 Å². The van der Waals surface area contributed by atoms with Gasteiger partial charge in [0.2, 0.25) is 0 Å². The van der Waals surface area contributed by atoms with E-state index in [0.717, 1.165) is 19.0 Å². The molecule has 2 nitrogen and oxygen atoms in total. The van der Waals surface area contributed by atoms with E-state index in [1.165, 1.54) is 36.4 Å². The summed E-state index contributed by atoms with van der Waals surface area (Å²) in [4.78, 5) is 1.53. The fourth-order valence-corrected chi connectivity index (χ4v) is 3.87. The molecule has 18 heavy (non-hydrogen) atoms. The van der Waals surface area contributed by atoms with E-state index in [0.29, 0.717) is 0 Å². The maximum absolute atomic E-state index is 3.65. The van der Waals surface area contributed by atoms with Gasteiger partial charge in [0, 0.05) is 16.8 Å². The van der Waals surface area contributed by atoms with Gasteiger partial charge in [0.25, 0.3) is 0 Å². The molecular formula is C15H26N2S. The topological polar surface area (TPSA) is 24.1 Å². The van der Waals surface area contributed by atoms with Crippen LogP contribution in [-0.2, 0) is 5.41 Å². The van der Waals surface area contributed by atoms with Crippen molar-refractivity contribution in [2.45, 2.75) is 39.0 Å². The number of rotatable bonds is 6. The van der Waals surface area contributed by atoms with Crippen molar-refractivity contribution in [3.8, 4) is 0 Å². The van der Waals surface area contributed by atoms with Gasteiger partial charge in [-0.1, -0.05) is 13.8 Å². The predicted molar refractivity (Wildman–Crippen MR) is 80.5 cm³/mol. The Morgan fingerprint density at radius 2 is 2.33 bits per heavy atom. The van der Waals surface area contributed by atoms with E-state index in [1.807, 2.05) is 11.3 Å². The molecule has 0 spiro atoms. The summed E-state index contributed by atoms with van der Waals surface area (Å²) >= 11 is 1.89. The molecule has 0 amide bonds. The second kappa shape index (κ2) is 6.18. The number of hydrogen-bond acceptors (Lipinski definition) is 3. The molecule has 0 bridgehead atoms. The Labute approximate surface area is 115 Å². The van der Waals surface area contributed by atoms with Gasteiger partial charge >= 0.3 is 0 Å². The lowest BCUT2D eigenvalue weighted by atomic mass is 9.89. The van der Waals surface area contributed by atoms with Gasteiger partial charge < -0.3 is 10.6 Å². The van der Waals surface area contributed by atoms with Crippen molar-refractivity contribution in [3.63, 3.8) is 0 Å². The molecule has 1 atom stereocenters. The first-order chi connectivity index (χ1) is 8.59. The third kappa shape index (κ3) is 3.56. The fourth-order valence-electron chi connectivity index (χ4n) is 2.81. The highest BCUT2D eigenvalue weighted by atomic mass is 32.1. The van der Waals surface area contributed by atoms with Crippen LogP contribution in [0.25, 0.3) is 0 Å². The Balaban J connectivity index is 1.73. The van der Waals surface area contributed by atoms with Crippen LogP contribution in [0.3, 0.4) is 0 Å². The summed E-state index contributed by atoms with van der Waals surface area (Å²) in [5, 5.41) is 9.29. The minimum Gasteiger partial charge on any atom is -0.316 e. The molecule has 1 aromatic heterocycles. The molecule has 0 saturated carbocycles. The third-order valence-corrected chi connectivity index (χ3v) is 5.32. The lowest BCUT2D eigenvalue weighted by Gasteiger charge is -2.25. The Hall–Kier alpha value is -0.380. The fraction of sp³-hybridized carbons (Fsp3) is 0.733. The number of nitrogens with one attached hydrogen (secondary N) is 2. The van der Waals surface area contributed by atoms with Gasteiger partial charge in [-0.15, -0.1) is 11.3 Å². The summed E-state index contributed by atoms with van der Waals surface area (Å²) in [7, 11) is 0. The first-order valence-electron chi connectivity index (χ1n) is 7.05. The molecule has 1 unspecified atom stereocenters. The number of hydrogen-bond donors (Lipinski definition) is 2. The summed E-state index contributed by atoms with van der Waals surface area (Å²) in [5.74, 6) is 0.893. The third-order valence-electron chi connectivity index (χ3n) is 3.94. The highest BCUT2D eigenvalue weighted by Crippen LogP contribution is 2.30. The Bertz CT molecular complexity index is 364. The Kier molecular flexibility index (Phi) is 4.82. The second-order valence-corrected chi connectivity index (χ2v) is 7.06. The van der Waals surface area contributed by atoms with Crippen molar-refractivity contribution in [2.75, 3.05) is 26.2 Å². The van der Waals surface area contributed by atoms with E-state index < -0.39 is 0 Å². The van der Waals surface area contributed by atoms with Gasteiger partial charge in [0.15, 0.2) is 0 Å². The molecule has 2 N–H and O–H groups in total. The summed E-state index contributed by atoms with van der Waals surface area (Å²) in [6, 6.07) is 2.23. The summed E-state index contributed by atoms with van der Waals surface area (Å²) in [5.41, 5.74) is 1.69. The standard InChI is InChI=1S/C15H26N2S/c1-12-6-9-18-14(12)15(2,3)11-17-8-5-13-4-7-16-10-13/h6,9,13,16-17H,4-5,7-8,10-11H2,1-3H3. The lowest BCUT2D eigenvalue weighted by Crippen LogP contribution is -2.34.